The molecular weight excluding hydrogens is 342 g/mol. The van der Waals surface area contributed by atoms with Gasteiger partial charge in [-0.25, -0.2) is 0 Å². The number of hydrogen-bond donors (Lipinski definition) is 2. The Bertz CT molecular complexity index is 707. The van der Waals surface area contributed by atoms with Crippen LogP contribution in [0.2, 0.25) is 0 Å². The summed E-state index contributed by atoms with van der Waals surface area (Å²) in [5.41, 5.74) is 2.56. The molecule has 2 aromatic rings. The largest absolute Gasteiger partial charge is 0.497 e. The van der Waals surface area contributed by atoms with E-state index in [0.717, 1.165) is 25.0 Å². The third kappa shape index (κ3) is 4.25. The Morgan fingerprint density at radius 3 is 2.58 bits per heavy atom. The Morgan fingerprint density at radius 1 is 1.15 bits per heavy atom. The van der Waals surface area contributed by atoms with Crippen LogP contribution in [0.1, 0.15) is 50.3 Å². The van der Waals surface area contributed by atoms with Crippen molar-refractivity contribution in [1.29, 1.82) is 0 Å². The lowest BCUT2D eigenvalue weighted by molar-refractivity contribution is 0.154. The second-order valence-corrected chi connectivity index (χ2v) is 8.16. The van der Waals surface area contributed by atoms with Gasteiger partial charge in [0, 0.05) is 16.2 Å². The number of aliphatic hydroxyl groups excluding tert-OH is 1. The van der Waals surface area contributed by atoms with Crippen LogP contribution in [0.4, 0.5) is 0 Å². The van der Waals surface area contributed by atoms with Crippen molar-refractivity contribution in [3.8, 4) is 5.75 Å². The predicted molar refractivity (Wildman–Crippen MR) is 109 cm³/mol. The molecule has 0 aliphatic carbocycles. The molecule has 2 aromatic carbocycles. The zero-order chi connectivity index (χ0) is 18.5. The molecule has 0 fully saturated rings. The normalized spacial score (nSPS) is 23.8. The molecule has 0 radical (unpaired) electrons. The van der Waals surface area contributed by atoms with Crippen LogP contribution in [0.5, 0.6) is 5.75 Å². The molecule has 0 saturated carbocycles. The van der Waals surface area contributed by atoms with Crippen LogP contribution < -0.4 is 10.1 Å². The summed E-state index contributed by atoms with van der Waals surface area (Å²) in [6, 6.07) is 17.5. The summed E-state index contributed by atoms with van der Waals surface area (Å²) in [4.78, 5) is 1.25. The van der Waals surface area contributed by atoms with E-state index in [1.54, 1.807) is 7.11 Å². The van der Waals surface area contributed by atoms with Gasteiger partial charge in [0.2, 0.25) is 0 Å². The molecule has 1 heterocycles. The fraction of sp³-hybridized carbons (Fsp3) is 0.455. The first kappa shape index (κ1) is 19.3. The Kier molecular flexibility index (Phi) is 6.63. The zero-order valence-corrected chi connectivity index (χ0v) is 16.6. The molecule has 0 bridgehead atoms. The van der Waals surface area contributed by atoms with Crippen LogP contribution in [0.25, 0.3) is 0 Å². The van der Waals surface area contributed by atoms with Crippen LogP contribution in [-0.2, 0) is 0 Å². The minimum atomic E-state index is -0.259. The van der Waals surface area contributed by atoms with Crippen molar-refractivity contribution in [1.82, 2.24) is 5.32 Å². The average molecular weight is 372 g/mol. The van der Waals surface area contributed by atoms with Gasteiger partial charge in [-0.2, -0.15) is 0 Å². The van der Waals surface area contributed by atoms with Crippen molar-refractivity contribution < 1.29 is 9.84 Å². The SMILES string of the molecule is CC[C@@H](O)C[C@H]1Sc2cc(OC)ccc2C(c2ccccc2)N[C@@H]1CC. The first-order chi connectivity index (χ1) is 12.7. The predicted octanol–water partition coefficient (Wildman–Crippen LogP) is 4.79. The first-order valence-corrected chi connectivity index (χ1v) is 10.4. The van der Waals surface area contributed by atoms with Crippen molar-refractivity contribution in [3.63, 3.8) is 0 Å². The van der Waals surface area contributed by atoms with E-state index >= 15 is 0 Å². The summed E-state index contributed by atoms with van der Waals surface area (Å²) >= 11 is 1.88. The van der Waals surface area contributed by atoms with Crippen LogP contribution in [0.3, 0.4) is 0 Å². The summed E-state index contributed by atoms with van der Waals surface area (Å²) in [5, 5.41) is 14.5. The summed E-state index contributed by atoms with van der Waals surface area (Å²) in [6.45, 7) is 4.27. The highest BCUT2D eigenvalue weighted by atomic mass is 32.2. The number of rotatable bonds is 6. The molecule has 3 rings (SSSR count). The van der Waals surface area contributed by atoms with Gasteiger partial charge < -0.3 is 15.2 Å². The summed E-state index contributed by atoms with van der Waals surface area (Å²) < 4.78 is 5.47. The Labute approximate surface area is 161 Å². The molecule has 4 atom stereocenters. The van der Waals surface area contributed by atoms with Gasteiger partial charge in [0.25, 0.3) is 0 Å². The number of benzene rings is 2. The van der Waals surface area contributed by atoms with Crippen molar-refractivity contribution >= 4 is 11.8 Å². The fourth-order valence-electron chi connectivity index (χ4n) is 3.59. The molecule has 1 unspecified atom stereocenters. The van der Waals surface area contributed by atoms with Crippen molar-refractivity contribution in [3.05, 3.63) is 59.7 Å². The lowest BCUT2D eigenvalue weighted by Gasteiger charge is -2.28. The molecule has 0 amide bonds. The number of thioether (sulfide) groups is 1. The van der Waals surface area contributed by atoms with Gasteiger partial charge >= 0.3 is 0 Å². The molecule has 1 aliphatic rings. The van der Waals surface area contributed by atoms with Gasteiger partial charge in [0.1, 0.15) is 5.75 Å². The van der Waals surface area contributed by atoms with Crippen LogP contribution in [-0.4, -0.2) is 29.6 Å². The second kappa shape index (κ2) is 8.94. The highest BCUT2D eigenvalue weighted by Crippen LogP contribution is 2.42. The minimum Gasteiger partial charge on any atom is -0.497 e. The van der Waals surface area contributed by atoms with Gasteiger partial charge in [-0.3, -0.25) is 0 Å². The molecule has 2 N–H and O–H groups in total. The summed E-state index contributed by atoms with van der Waals surface area (Å²) in [5.74, 6) is 0.882. The molecule has 0 aromatic heterocycles. The van der Waals surface area contributed by atoms with Gasteiger partial charge in [-0.05, 0) is 42.5 Å². The van der Waals surface area contributed by atoms with Crippen LogP contribution in [0, 0.1) is 0 Å². The highest BCUT2D eigenvalue weighted by molar-refractivity contribution is 8.00. The van der Waals surface area contributed by atoms with Crippen LogP contribution >= 0.6 is 11.8 Å². The van der Waals surface area contributed by atoms with E-state index in [-0.39, 0.29) is 12.1 Å². The van der Waals surface area contributed by atoms with Gasteiger partial charge in [0.05, 0.1) is 19.3 Å². The second-order valence-electron chi connectivity index (χ2n) is 6.88. The number of fused-ring (bicyclic) bond motifs is 1. The molecule has 0 saturated heterocycles. The molecule has 140 valence electrons. The Morgan fingerprint density at radius 2 is 1.92 bits per heavy atom. The highest BCUT2D eigenvalue weighted by Gasteiger charge is 2.32. The third-order valence-electron chi connectivity index (χ3n) is 5.19. The topological polar surface area (TPSA) is 41.5 Å². The van der Waals surface area contributed by atoms with E-state index in [0.29, 0.717) is 11.3 Å². The minimum absolute atomic E-state index is 0.151. The van der Waals surface area contributed by atoms with Gasteiger partial charge in [0.15, 0.2) is 0 Å². The standard InChI is InChI=1S/C22H29NO2S/c1-4-16(24)13-21-19(5-2)23-22(15-9-7-6-8-10-15)18-12-11-17(25-3)14-20(18)26-21/h6-12,14,16,19,21-24H,4-5,13H2,1-3H3/t16-,19-,21-,22?/m1/s1. The average Bonchev–Trinajstić information content (AvgIpc) is 2.84. The van der Waals surface area contributed by atoms with Gasteiger partial charge in [-0.15, -0.1) is 11.8 Å². The Hall–Kier alpha value is -1.49. The Balaban J connectivity index is 2.03. The van der Waals surface area contributed by atoms with Crippen LogP contribution in [0.15, 0.2) is 53.4 Å². The maximum Gasteiger partial charge on any atom is 0.119 e. The molecule has 26 heavy (non-hydrogen) atoms. The van der Waals surface area contributed by atoms with E-state index in [4.69, 9.17) is 4.74 Å². The van der Waals surface area contributed by atoms with Crippen molar-refractivity contribution in [2.45, 2.75) is 61.4 Å². The molecule has 3 nitrogen and oxygen atoms in total. The molecular formula is C22H29NO2S. The fourth-order valence-corrected chi connectivity index (χ4v) is 5.17. The smallest absolute Gasteiger partial charge is 0.119 e. The van der Waals surface area contributed by atoms with E-state index in [9.17, 15) is 5.11 Å². The monoisotopic (exact) mass is 371 g/mol. The summed E-state index contributed by atoms with van der Waals surface area (Å²) in [6.07, 6.45) is 2.36. The van der Waals surface area contributed by atoms with E-state index in [1.807, 2.05) is 24.8 Å². The third-order valence-corrected chi connectivity index (χ3v) is 6.62. The number of hydrogen-bond acceptors (Lipinski definition) is 4. The van der Waals surface area contributed by atoms with Crippen molar-refractivity contribution in [2.75, 3.05) is 7.11 Å². The number of aliphatic hydroxyl groups is 1. The van der Waals surface area contributed by atoms with E-state index in [2.05, 4.69) is 54.7 Å². The number of nitrogens with one attached hydrogen (secondary N) is 1. The summed E-state index contributed by atoms with van der Waals surface area (Å²) in [7, 11) is 1.71. The van der Waals surface area contributed by atoms with E-state index in [1.165, 1.54) is 16.0 Å². The first-order valence-electron chi connectivity index (χ1n) is 9.49. The lowest BCUT2D eigenvalue weighted by atomic mass is 9.95. The van der Waals surface area contributed by atoms with E-state index < -0.39 is 0 Å². The lowest BCUT2D eigenvalue weighted by Crippen LogP contribution is -2.40. The van der Waals surface area contributed by atoms with Gasteiger partial charge in [-0.1, -0.05) is 50.2 Å². The molecule has 4 heteroatoms. The number of ether oxygens (including phenoxy) is 1. The molecule has 1 aliphatic heterocycles. The maximum absolute atomic E-state index is 10.3. The number of methoxy groups -OCH3 is 1. The van der Waals surface area contributed by atoms with Crippen molar-refractivity contribution in [2.24, 2.45) is 0 Å². The maximum atomic E-state index is 10.3. The molecule has 0 spiro atoms. The quantitative estimate of drug-likeness (QED) is 0.766. The zero-order valence-electron chi connectivity index (χ0n) is 15.8.